The average molecular weight is 338 g/mol. The molecule has 0 aliphatic carbocycles. The molecule has 25 heavy (non-hydrogen) atoms. The molecule has 126 valence electrons. The molecule has 6 nitrogen and oxygen atoms in total. The van der Waals surface area contributed by atoms with Gasteiger partial charge in [0.2, 0.25) is 5.76 Å². The van der Waals surface area contributed by atoms with E-state index in [2.05, 4.69) is 4.74 Å². The van der Waals surface area contributed by atoms with Gasteiger partial charge in [0.1, 0.15) is 12.2 Å². The first kappa shape index (κ1) is 16.4. The van der Waals surface area contributed by atoms with E-state index in [4.69, 9.17) is 9.15 Å². The van der Waals surface area contributed by atoms with Crippen molar-refractivity contribution in [3.8, 4) is 0 Å². The van der Waals surface area contributed by atoms with Crippen LogP contribution in [0, 0.1) is 0 Å². The largest absolute Gasteiger partial charge is 0.465 e. The minimum absolute atomic E-state index is 0.0692. The van der Waals surface area contributed by atoms with Gasteiger partial charge in [-0.3, -0.25) is 4.79 Å². The van der Waals surface area contributed by atoms with Crippen LogP contribution in [0.4, 0.5) is 0 Å². The zero-order chi connectivity index (χ0) is 17.8. The molecule has 0 bridgehead atoms. The van der Waals surface area contributed by atoms with Gasteiger partial charge in [-0.2, -0.15) is 0 Å². The summed E-state index contributed by atoms with van der Waals surface area (Å²) in [6, 6.07) is 14.3. The predicted molar refractivity (Wildman–Crippen MR) is 89.4 cm³/mol. The lowest BCUT2D eigenvalue weighted by Gasteiger charge is -2.06. The van der Waals surface area contributed by atoms with Crippen molar-refractivity contribution in [2.75, 3.05) is 7.11 Å². The molecule has 0 saturated carbocycles. The Balaban J connectivity index is 1.77. The SMILES string of the molecule is COC(=O)c1cccc(COC(=O)c2cc(=O)c3ccccc3o2)c1. The Labute approximate surface area is 142 Å². The highest BCUT2D eigenvalue weighted by Crippen LogP contribution is 2.14. The predicted octanol–water partition coefficient (Wildman–Crippen LogP) is 2.94. The van der Waals surface area contributed by atoms with Crippen molar-refractivity contribution < 1.29 is 23.5 Å². The number of methoxy groups -OCH3 is 1. The van der Waals surface area contributed by atoms with Gasteiger partial charge in [0, 0.05) is 6.07 Å². The van der Waals surface area contributed by atoms with E-state index < -0.39 is 11.9 Å². The summed E-state index contributed by atoms with van der Waals surface area (Å²) >= 11 is 0. The quantitative estimate of drug-likeness (QED) is 0.680. The number of hydrogen-bond donors (Lipinski definition) is 0. The van der Waals surface area contributed by atoms with E-state index in [1.807, 2.05) is 0 Å². The summed E-state index contributed by atoms with van der Waals surface area (Å²) < 4.78 is 15.2. The second-order valence-electron chi connectivity index (χ2n) is 5.24. The van der Waals surface area contributed by atoms with Gasteiger partial charge in [-0.1, -0.05) is 24.3 Å². The van der Waals surface area contributed by atoms with E-state index in [0.717, 1.165) is 6.07 Å². The molecule has 0 N–H and O–H groups in total. The van der Waals surface area contributed by atoms with Gasteiger partial charge in [-0.25, -0.2) is 9.59 Å². The van der Waals surface area contributed by atoms with Crippen LogP contribution in [0.3, 0.4) is 0 Å². The van der Waals surface area contributed by atoms with Crippen LogP contribution in [0.5, 0.6) is 0 Å². The number of rotatable bonds is 4. The third-order valence-corrected chi connectivity index (χ3v) is 3.55. The van der Waals surface area contributed by atoms with Crippen molar-refractivity contribution in [1.29, 1.82) is 0 Å². The van der Waals surface area contributed by atoms with E-state index in [0.29, 0.717) is 22.1 Å². The van der Waals surface area contributed by atoms with Crippen molar-refractivity contribution in [1.82, 2.24) is 0 Å². The first-order valence-electron chi connectivity index (χ1n) is 7.46. The highest BCUT2D eigenvalue weighted by atomic mass is 16.5. The zero-order valence-electron chi connectivity index (χ0n) is 13.4. The Kier molecular flexibility index (Phi) is 4.61. The fraction of sp³-hybridized carbons (Fsp3) is 0.105. The third kappa shape index (κ3) is 3.58. The molecule has 0 atom stereocenters. The van der Waals surface area contributed by atoms with Crippen LogP contribution >= 0.6 is 0 Å². The summed E-state index contributed by atoms with van der Waals surface area (Å²) in [5, 5.41) is 0.393. The molecule has 3 aromatic rings. The Morgan fingerprint density at radius 3 is 2.60 bits per heavy atom. The summed E-state index contributed by atoms with van der Waals surface area (Å²) in [6.45, 7) is -0.0692. The average Bonchev–Trinajstić information content (AvgIpc) is 2.65. The molecule has 0 fully saturated rings. The number of para-hydroxylation sites is 1. The number of esters is 2. The highest BCUT2D eigenvalue weighted by molar-refractivity contribution is 5.90. The molecule has 2 aromatic carbocycles. The maximum absolute atomic E-state index is 12.1. The standard InChI is InChI=1S/C19H14O6/c1-23-18(21)13-6-4-5-12(9-13)11-24-19(22)17-10-15(20)14-7-2-3-8-16(14)25-17/h2-10H,11H2,1H3. The van der Waals surface area contributed by atoms with Gasteiger partial charge in [0.25, 0.3) is 0 Å². The molecule has 0 amide bonds. The number of hydrogen-bond acceptors (Lipinski definition) is 6. The van der Waals surface area contributed by atoms with Crippen LogP contribution < -0.4 is 5.43 Å². The summed E-state index contributed by atoms with van der Waals surface area (Å²) in [4.78, 5) is 35.7. The fourth-order valence-electron chi connectivity index (χ4n) is 2.33. The summed E-state index contributed by atoms with van der Waals surface area (Å²) in [6.07, 6.45) is 0. The maximum Gasteiger partial charge on any atom is 0.374 e. The van der Waals surface area contributed by atoms with Crippen LogP contribution in [0.25, 0.3) is 11.0 Å². The zero-order valence-corrected chi connectivity index (χ0v) is 13.4. The van der Waals surface area contributed by atoms with Crippen LogP contribution in [-0.4, -0.2) is 19.0 Å². The monoisotopic (exact) mass is 338 g/mol. The topological polar surface area (TPSA) is 82.8 Å². The van der Waals surface area contributed by atoms with Crippen LogP contribution in [0.15, 0.2) is 63.8 Å². The van der Waals surface area contributed by atoms with E-state index >= 15 is 0 Å². The van der Waals surface area contributed by atoms with Crippen LogP contribution in [0.2, 0.25) is 0 Å². The molecule has 0 radical (unpaired) electrons. The molecule has 0 unspecified atom stereocenters. The Bertz CT molecular complexity index is 1000. The summed E-state index contributed by atoms with van der Waals surface area (Å²) in [5.41, 5.74) is 0.962. The van der Waals surface area contributed by atoms with Gasteiger partial charge in [-0.05, 0) is 29.8 Å². The van der Waals surface area contributed by atoms with Gasteiger partial charge in [-0.15, -0.1) is 0 Å². The Morgan fingerprint density at radius 1 is 1.00 bits per heavy atom. The molecule has 0 spiro atoms. The number of carbonyl (C=O) groups is 2. The van der Waals surface area contributed by atoms with Gasteiger partial charge in [0.05, 0.1) is 18.1 Å². The lowest BCUT2D eigenvalue weighted by Crippen LogP contribution is -2.10. The normalized spacial score (nSPS) is 10.4. The number of ether oxygens (including phenoxy) is 2. The second kappa shape index (κ2) is 7.00. The minimum atomic E-state index is -0.758. The van der Waals surface area contributed by atoms with Crippen molar-refractivity contribution in [3.05, 3.63) is 81.7 Å². The van der Waals surface area contributed by atoms with Crippen molar-refractivity contribution in [2.24, 2.45) is 0 Å². The molecule has 0 aliphatic rings. The second-order valence-corrected chi connectivity index (χ2v) is 5.24. The molecule has 3 rings (SSSR count). The molecule has 0 aliphatic heterocycles. The molecule has 6 heteroatoms. The first-order chi connectivity index (χ1) is 12.1. The lowest BCUT2D eigenvalue weighted by molar-refractivity contribution is 0.0436. The van der Waals surface area contributed by atoms with E-state index in [9.17, 15) is 14.4 Å². The fourth-order valence-corrected chi connectivity index (χ4v) is 2.33. The molecule has 1 heterocycles. The maximum atomic E-state index is 12.1. The Morgan fingerprint density at radius 2 is 1.80 bits per heavy atom. The molecule has 0 saturated heterocycles. The number of benzene rings is 2. The molecular weight excluding hydrogens is 324 g/mol. The van der Waals surface area contributed by atoms with E-state index in [-0.39, 0.29) is 17.8 Å². The summed E-state index contributed by atoms with van der Waals surface area (Å²) in [7, 11) is 1.29. The van der Waals surface area contributed by atoms with Crippen LogP contribution in [0.1, 0.15) is 26.5 Å². The first-order valence-corrected chi connectivity index (χ1v) is 7.46. The highest BCUT2D eigenvalue weighted by Gasteiger charge is 2.14. The molecular formula is C19H14O6. The summed E-state index contributed by atoms with van der Waals surface area (Å²) in [5.74, 6) is -1.41. The number of fused-ring (bicyclic) bond motifs is 1. The van der Waals surface area contributed by atoms with Crippen LogP contribution in [-0.2, 0) is 16.1 Å². The minimum Gasteiger partial charge on any atom is -0.465 e. The van der Waals surface area contributed by atoms with Crippen molar-refractivity contribution >= 4 is 22.9 Å². The smallest absolute Gasteiger partial charge is 0.374 e. The van der Waals surface area contributed by atoms with Gasteiger partial charge in [0.15, 0.2) is 5.43 Å². The Hall–Kier alpha value is -3.41. The van der Waals surface area contributed by atoms with Crippen molar-refractivity contribution in [3.63, 3.8) is 0 Å². The van der Waals surface area contributed by atoms with E-state index in [1.54, 1.807) is 48.5 Å². The van der Waals surface area contributed by atoms with E-state index in [1.165, 1.54) is 7.11 Å². The van der Waals surface area contributed by atoms with Gasteiger partial charge >= 0.3 is 11.9 Å². The lowest BCUT2D eigenvalue weighted by atomic mass is 10.1. The number of carbonyl (C=O) groups excluding carboxylic acids is 2. The third-order valence-electron chi connectivity index (χ3n) is 3.55. The van der Waals surface area contributed by atoms with Crippen molar-refractivity contribution in [2.45, 2.75) is 6.61 Å². The van der Waals surface area contributed by atoms with Gasteiger partial charge < -0.3 is 13.9 Å². The molecule has 1 aromatic heterocycles.